The van der Waals surface area contributed by atoms with E-state index >= 15 is 0 Å². The van der Waals surface area contributed by atoms with Crippen LogP contribution in [0.2, 0.25) is 0 Å². The Morgan fingerprint density at radius 3 is 2.37 bits per heavy atom. The Morgan fingerprint density at radius 2 is 1.77 bits per heavy atom. The van der Waals surface area contributed by atoms with Crippen LogP contribution in [0.3, 0.4) is 0 Å². The first-order valence-corrected chi connectivity index (χ1v) is 10.4. The van der Waals surface area contributed by atoms with Crippen molar-refractivity contribution in [2.24, 2.45) is 0 Å². The van der Waals surface area contributed by atoms with Gasteiger partial charge in [-0.05, 0) is 48.0 Å². The van der Waals surface area contributed by atoms with Crippen LogP contribution in [-0.4, -0.2) is 21.4 Å². The lowest BCUT2D eigenvalue weighted by Crippen LogP contribution is -2.35. The molecule has 1 heterocycles. The van der Waals surface area contributed by atoms with Gasteiger partial charge >= 0.3 is 0 Å². The Labute approximate surface area is 175 Å². The zero-order valence-electron chi connectivity index (χ0n) is 16.5. The summed E-state index contributed by atoms with van der Waals surface area (Å²) in [6.07, 6.45) is 1.35. The minimum atomic E-state index is -4.16. The summed E-state index contributed by atoms with van der Waals surface area (Å²) in [5, 5.41) is 12.0. The molecule has 30 heavy (non-hydrogen) atoms. The SMILES string of the molecule is C=C(c1cccc(N(C(C)=O)S(=O)(=O)c2ccc(OC)cc2)c1)c1cccc[n+]1[O-]. The van der Waals surface area contributed by atoms with E-state index in [2.05, 4.69) is 6.58 Å². The number of sulfonamides is 1. The van der Waals surface area contributed by atoms with E-state index in [0.717, 1.165) is 4.31 Å². The van der Waals surface area contributed by atoms with Crippen molar-refractivity contribution in [3.8, 4) is 5.75 Å². The van der Waals surface area contributed by atoms with Crippen LogP contribution in [0, 0.1) is 5.21 Å². The van der Waals surface area contributed by atoms with Crippen LogP contribution < -0.4 is 13.8 Å². The maximum Gasteiger partial charge on any atom is 0.270 e. The molecule has 0 aliphatic rings. The molecule has 0 aliphatic carbocycles. The average molecular weight is 424 g/mol. The van der Waals surface area contributed by atoms with Gasteiger partial charge in [0.1, 0.15) is 5.75 Å². The van der Waals surface area contributed by atoms with Crippen molar-refractivity contribution in [2.45, 2.75) is 11.8 Å². The first-order valence-electron chi connectivity index (χ1n) is 8.93. The summed E-state index contributed by atoms with van der Waals surface area (Å²) >= 11 is 0. The van der Waals surface area contributed by atoms with Crippen LogP contribution >= 0.6 is 0 Å². The number of anilines is 1. The third kappa shape index (κ3) is 4.04. The molecular formula is C22H20N2O5S. The van der Waals surface area contributed by atoms with Crippen LogP contribution in [0.5, 0.6) is 5.75 Å². The normalized spacial score (nSPS) is 11.0. The average Bonchev–Trinajstić information content (AvgIpc) is 2.73. The number of benzene rings is 2. The summed E-state index contributed by atoms with van der Waals surface area (Å²) in [7, 11) is -2.69. The van der Waals surface area contributed by atoms with E-state index in [-0.39, 0.29) is 10.6 Å². The number of aromatic nitrogens is 1. The standard InChI is InChI=1S/C22H20N2O5S/c1-16(22-9-4-5-14-23(22)26)18-7-6-8-19(15-18)24(17(2)25)30(27,28)21-12-10-20(29-3)11-13-21/h4-15H,1H2,2-3H3. The predicted molar refractivity (Wildman–Crippen MR) is 113 cm³/mol. The molecule has 0 unspecified atom stereocenters. The number of nitrogens with zero attached hydrogens (tertiary/aromatic N) is 2. The third-order valence-electron chi connectivity index (χ3n) is 4.45. The van der Waals surface area contributed by atoms with E-state index < -0.39 is 15.9 Å². The Balaban J connectivity index is 2.05. The molecule has 7 nitrogen and oxygen atoms in total. The van der Waals surface area contributed by atoms with Gasteiger partial charge in [-0.15, -0.1) is 0 Å². The molecular weight excluding hydrogens is 404 g/mol. The molecule has 0 fully saturated rings. The minimum absolute atomic E-state index is 0.0526. The molecule has 1 amide bonds. The number of hydrogen-bond acceptors (Lipinski definition) is 5. The highest BCUT2D eigenvalue weighted by Crippen LogP contribution is 2.29. The molecule has 154 valence electrons. The number of hydrogen-bond donors (Lipinski definition) is 0. The molecule has 0 N–H and O–H groups in total. The van der Waals surface area contributed by atoms with Crippen LogP contribution in [0.25, 0.3) is 5.57 Å². The Kier molecular flexibility index (Phi) is 5.89. The zero-order chi connectivity index (χ0) is 21.9. The quantitative estimate of drug-likeness (QED) is 0.448. The van der Waals surface area contributed by atoms with E-state index in [1.54, 1.807) is 30.3 Å². The van der Waals surface area contributed by atoms with Crippen LogP contribution in [-0.2, 0) is 14.8 Å². The smallest absolute Gasteiger partial charge is 0.270 e. The molecule has 3 rings (SSSR count). The summed E-state index contributed by atoms with van der Waals surface area (Å²) in [4.78, 5) is 12.3. The highest BCUT2D eigenvalue weighted by atomic mass is 32.2. The van der Waals surface area contributed by atoms with Crippen molar-refractivity contribution in [3.05, 3.63) is 96.0 Å². The highest BCUT2D eigenvalue weighted by Gasteiger charge is 2.29. The molecule has 0 saturated heterocycles. The second-order valence-corrected chi connectivity index (χ2v) is 8.19. The largest absolute Gasteiger partial charge is 0.618 e. The number of methoxy groups -OCH3 is 1. The van der Waals surface area contributed by atoms with Crippen LogP contribution in [0.4, 0.5) is 5.69 Å². The van der Waals surface area contributed by atoms with E-state index in [1.165, 1.54) is 56.6 Å². The fourth-order valence-corrected chi connectivity index (χ4v) is 4.39. The lowest BCUT2D eigenvalue weighted by atomic mass is 10.0. The van der Waals surface area contributed by atoms with E-state index in [0.29, 0.717) is 27.3 Å². The molecule has 0 atom stereocenters. The molecule has 2 aromatic carbocycles. The van der Waals surface area contributed by atoms with Crippen molar-refractivity contribution in [1.82, 2.24) is 0 Å². The van der Waals surface area contributed by atoms with Gasteiger partial charge in [0.15, 0.2) is 6.20 Å². The second kappa shape index (κ2) is 8.38. The van der Waals surface area contributed by atoms with Crippen LogP contribution in [0.15, 0.2) is 84.4 Å². The monoisotopic (exact) mass is 424 g/mol. The van der Waals surface area contributed by atoms with E-state index in [1.807, 2.05) is 0 Å². The zero-order valence-corrected chi connectivity index (χ0v) is 17.3. The highest BCUT2D eigenvalue weighted by molar-refractivity contribution is 7.93. The van der Waals surface area contributed by atoms with Gasteiger partial charge in [-0.1, -0.05) is 18.7 Å². The van der Waals surface area contributed by atoms with Crippen LogP contribution in [0.1, 0.15) is 18.2 Å². The summed E-state index contributed by atoms with van der Waals surface area (Å²) in [6, 6.07) is 17.0. The van der Waals surface area contributed by atoms with Gasteiger partial charge in [-0.3, -0.25) is 4.79 Å². The van der Waals surface area contributed by atoms with Crippen molar-refractivity contribution in [2.75, 3.05) is 11.4 Å². The minimum Gasteiger partial charge on any atom is -0.618 e. The molecule has 0 bridgehead atoms. The molecule has 0 spiro atoms. The fraction of sp³-hybridized carbons (Fsp3) is 0.0909. The molecule has 8 heteroatoms. The fourth-order valence-electron chi connectivity index (χ4n) is 2.97. The van der Waals surface area contributed by atoms with Crippen molar-refractivity contribution < 1.29 is 22.7 Å². The van der Waals surface area contributed by atoms with E-state index in [9.17, 15) is 18.4 Å². The summed E-state index contributed by atoms with van der Waals surface area (Å²) in [6.45, 7) is 5.13. The third-order valence-corrected chi connectivity index (χ3v) is 6.26. The van der Waals surface area contributed by atoms with Gasteiger partial charge < -0.3 is 9.94 Å². The molecule has 3 aromatic rings. The van der Waals surface area contributed by atoms with Gasteiger partial charge in [0.25, 0.3) is 10.0 Å². The topological polar surface area (TPSA) is 90.6 Å². The molecule has 1 aromatic heterocycles. The number of amides is 1. The van der Waals surface area contributed by atoms with Gasteiger partial charge in [0, 0.05) is 24.6 Å². The maximum atomic E-state index is 13.2. The van der Waals surface area contributed by atoms with Gasteiger partial charge in [0.2, 0.25) is 11.6 Å². The number of carbonyl (C=O) groups is 1. The van der Waals surface area contributed by atoms with Gasteiger partial charge in [-0.2, -0.15) is 4.73 Å². The first kappa shape index (κ1) is 21.1. The van der Waals surface area contributed by atoms with Crippen molar-refractivity contribution in [3.63, 3.8) is 0 Å². The molecule has 0 radical (unpaired) electrons. The van der Waals surface area contributed by atoms with Crippen molar-refractivity contribution >= 4 is 27.2 Å². The van der Waals surface area contributed by atoms with E-state index in [4.69, 9.17) is 4.74 Å². The first-order chi connectivity index (χ1) is 14.3. The number of ether oxygens (including phenoxy) is 1. The second-order valence-electron chi connectivity index (χ2n) is 6.40. The summed E-state index contributed by atoms with van der Waals surface area (Å²) in [5.41, 5.74) is 1.38. The predicted octanol–water partition coefficient (Wildman–Crippen LogP) is 3.13. The van der Waals surface area contributed by atoms with Crippen molar-refractivity contribution in [1.29, 1.82) is 0 Å². The summed E-state index contributed by atoms with van der Waals surface area (Å²) < 4.78 is 32.8. The maximum absolute atomic E-state index is 13.2. The van der Waals surface area contributed by atoms with Gasteiger partial charge in [-0.25, -0.2) is 12.7 Å². The number of rotatable bonds is 6. The molecule has 0 aliphatic heterocycles. The molecule has 0 saturated carbocycles. The number of pyridine rings is 1. The van der Waals surface area contributed by atoms with Gasteiger partial charge in [0.05, 0.1) is 17.7 Å². The Bertz CT molecular complexity index is 1200. The Morgan fingerprint density at radius 1 is 1.07 bits per heavy atom. The summed E-state index contributed by atoms with van der Waals surface area (Å²) in [5.74, 6) is -0.178. The lowest BCUT2D eigenvalue weighted by molar-refractivity contribution is -0.607. The number of carbonyl (C=O) groups excluding carboxylic acids is 1. The Hall–Kier alpha value is -3.65. The lowest BCUT2D eigenvalue weighted by Gasteiger charge is -2.22.